The largest absolute Gasteiger partial charge is 0.493 e. The van der Waals surface area contributed by atoms with Gasteiger partial charge in [0.2, 0.25) is 0 Å². The average molecular weight is 333 g/mol. The molecule has 0 bridgehead atoms. The number of aromatic carboxylic acids is 1. The van der Waals surface area contributed by atoms with Crippen LogP contribution in [0, 0.1) is 10.1 Å². The molecule has 1 N–H and O–H groups in total. The summed E-state index contributed by atoms with van der Waals surface area (Å²) in [6.07, 6.45) is 0. The highest BCUT2D eigenvalue weighted by Crippen LogP contribution is 2.35. The van der Waals surface area contributed by atoms with Gasteiger partial charge in [0.25, 0.3) is 5.69 Å². The molecule has 0 saturated heterocycles. The predicted molar refractivity (Wildman–Crippen MR) is 83.9 cm³/mol. The number of hydrogen-bond acceptors (Lipinski definition) is 6. The van der Waals surface area contributed by atoms with Gasteiger partial charge >= 0.3 is 5.97 Å². The van der Waals surface area contributed by atoms with Crippen molar-refractivity contribution in [2.24, 2.45) is 0 Å². The number of nitro groups is 1. The van der Waals surface area contributed by atoms with Gasteiger partial charge in [0.15, 0.2) is 11.5 Å². The van der Waals surface area contributed by atoms with Gasteiger partial charge in [0.1, 0.15) is 12.4 Å². The first-order valence-corrected chi connectivity index (χ1v) is 6.81. The molecule has 0 fully saturated rings. The first-order valence-electron chi connectivity index (χ1n) is 6.81. The van der Waals surface area contributed by atoms with Gasteiger partial charge in [-0.05, 0) is 24.3 Å². The summed E-state index contributed by atoms with van der Waals surface area (Å²) < 4.78 is 15.7. The molecule has 0 saturated carbocycles. The van der Waals surface area contributed by atoms with Gasteiger partial charge in [-0.15, -0.1) is 0 Å². The second-order valence-electron chi connectivity index (χ2n) is 4.71. The van der Waals surface area contributed by atoms with Crippen LogP contribution in [0.5, 0.6) is 17.2 Å². The van der Waals surface area contributed by atoms with Crippen molar-refractivity contribution >= 4 is 11.7 Å². The molecule has 0 aliphatic carbocycles. The second kappa shape index (κ2) is 7.32. The number of hydrogen-bond donors (Lipinski definition) is 1. The van der Waals surface area contributed by atoms with E-state index in [0.29, 0.717) is 11.5 Å². The average Bonchev–Trinajstić information content (AvgIpc) is 2.59. The van der Waals surface area contributed by atoms with Crippen LogP contribution in [0.3, 0.4) is 0 Å². The van der Waals surface area contributed by atoms with Gasteiger partial charge < -0.3 is 19.3 Å². The zero-order chi connectivity index (χ0) is 17.7. The molecule has 0 amide bonds. The minimum absolute atomic E-state index is 0.0642. The molecule has 0 spiro atoms. The lowest BCUT2D eigenvalue weighted by atomic mass is 10.1. The monoisotopic (exact) mass is 333 g/mol. The summed E-state index contributed by atoms with van der Waals surface area (Å²) in [4.78, 5) is 21.6. The van der Waals surface area contributed by atoms with E-state index in [-0.39, 0.29) is 29.2 Å². The topological polar surface area (TPSA) is 108 Å². The van der Waals surface area contributed by atoms with Crippen LogP contribution in [0.2, 0.25) is 0 Å². The Morgan fingerprint density at radius 2 is 1.83 bits per heavy atom. The number of nitrogens with zero attached hydrogens (tertiary/aromatic N) is 1. The smallest absolute Gasteiger partial charge is 0.335 e. The van der Waals surface area contributed by atoms with Crippen molar-refractivity contribution in [3.63, 3.8) is 0 Å². The minimum Gasteiger partial charge on any atom is -0.493 e. The van der Waals surface area contributed by atoms with E-state index in [1.54, 1.807) is 6.07 Å². The molecule has 0 unspecified atom stereocenters. The number of carbonyl (C=O) groups is 1. The Morgan fingerprint density at radius 3 is 2.42 bits per heavy atom. The van der Waals surface area contributed by atoms with Crippen molar-refractivity contribution in [2.45, 2.75) is 6.61 Å². The van der Waals surface area contributed by atoms with Gasteiger partial charge in [-0.25, -0.2) is 4.79 Å². The standard InChI is InChI=1S/C16H15NO7/c1-22-14-7-11(13(17(20)21)8-15(14)23-2)9-24-12-5-3-4-10(6-12)16(18)19/h3-8H,9H2,1-2H3,(H,18,19). The Bertz CT molecular complexity index is 773. The fraction of sp³-hybridized carbons (Fsp3) is 0.188. The predicted octanol–water partition coefficient (Wildman–Crippen LogP) is 2.89. The van der Waals surface area contributed by atoms with Crippen LogP contribution < -0.4 is 14.2 Å². The van der Waals surface area contributed by atoms with Gasteiger partial charge in [0, 0.05) is 0 Å². The number of rotatable bonds is 7. The summed E-state index contributed by atoms with van der Waals surface area (Å²) in [6, 6.07) is 8.58. The summed E-state index contributed by atoms with van der Waals surface area (Å²) in [5.41, 5.74) is 0.162. The van der Waals surface area contributed by atoms with Crippen molar-refractivity contribution in [1.29, 1.82) is 0 Å². The SMILES string of the molecule is COc1cc(COc2cccc(C(=O)O)c2)c([N+](=O)[O-])cc1OC. The minimum atomic E-state index is -1.09. The fourth-order valence-corrected chi connectivity index (χ4v) is 2.08. The maximum absolute atomic E-state index is 11.2. The van der Waals surface area contributed by atoms with E-state index in [9.17, 15) is 14.9 Å². The molecule has 0 atom stereocenters. The zero-order valence-electron chi connectivity index (χ0n) is 13.0. The van der Waals surface area contributed by atoms with Gasteiger partial charge in [-0.1, -0.05) is 6.07 Å². The normalized spacial score (nSPS) is 10.1. The van der Waals surface area contributed by atoms with Gasteiger partial charge in [0.05, 0.1) is 36.3 Å². The van der Waals surface area contributed by atoms with E-state index in [2.05, 4.69) is 0 Å². The molecule has 0 aromatic heterocycles. The van der Waals surface area contributed by atoms with Crippen LogP contribution in [-0.2, 0) is 6.61 Å². The van der Waals surface area contributed by atoms with Gasteiger partial charge in [-0.3, -0.25) is 10.1 Å². The van der Waals surface area contributed by atoms with Crippen molar-refractivity contribution in [1.82, 2.24) is 0 Å². The molecule has 126 valence electrons. The molecule has 2 aromatic carbocycles. The van der Waals surface area contributed by atoms with Crippen LogP contribution in [-0.4, -0.2) is 30.2 Å². The van der Waals surface area contributed by atoms with Gasteiger partial charge in [-0.2, -0.15) is 0 Å². The van der Waals surface area contributed by atoms with Crippen LogP contribution in [0.1, 0.15) is 15.9 Å². The van der Waals surface area contributed by atoms with E-state index in [0.717, 1.165) is 0 Å². The van der Waals surface area contributed by atoms with Crippen LogP contribution in [0.15, 0.2) is 36.4 Å². The molecule has 0 aliphatic rings. The third-order valence-corrected chi connectivity index (χ3v) is 3.26. The molecule has 2 rings (SSSR count). The molecular weight excluding hydrogens is 318 g/mol. The lowest BCUT2D eigenvalue weighted by Crippen LogP contribution is -2.03. The van der Waals surface area contributed by atoms with Crippen LogP contribution in [0.25, 0.3) is 0 Å². The highest BCUT2D eigenvalue weighted by Gasteiger charge is 2.20. The number of methoxy groups -OCH3 is 2. The highest BCUT2D eigenvalue weighted by molar-refractivity contribution is 5.88. The Kier molecular flexibility index (Phi) is 5.20. The first kappa shape index (κ1) is 17.1. The molecule has 8 heteroatoms. The maximum atomic E-state index is 11.2. The summed E-state index contributed by atoms with van der Waals surface area (Å²) >= 11 is 0. The number of carboxylic acids is 1. The Labute approximate surface area is 137 Å². The fourth-order valence-electron chi connectivity index (χ4n) is 2.08. The third-order valence-electron chi connectivity index (χ3n) is 3.26. The van der Waals surface area contributed by atoms with E-state index < -0.39 is 10.9 Å². The maximum Gasteiger partial charge on any atom is 0.335 e. The second-order valence-corrected chi connectivity index (χ2v) is 4.71. The van der Waals surface area contributed by atoms with Crippen molar-refractivity contribution in [2.75, 3.05) is 14.2 Å². The summed E-state index contributed by atoms with van der Waals surface area (Å²) in [6.45, 7) is -0.125. The van der Waals surface area contributed by atoms with Crippen molar-refractivity contribution in [3.05, 3.63) is 57.6 Å². The number of carboxylic acid groups (broad SMARTS) is 1. The van der Waals surface area contributed by atoms with Crippen LogP contribution >= 0.6 is 0 Å². The van der Waals surface area contributed by atoms with E-state index in [4.69, 9.17) is 19.3 Å². The molecule has 24 heavy (non-hydrogen) atoms. The molecule has 0 radical (unpaired) electrons. The number of nitro benzene ring substituents is 1. The lowest BCUT2D eigenvalue weighted by Gasteiger charge is -2.11. The number of benzene rings is 2. The van der Waals surface area contributed by atoms with E-state index in [1.165, 1.54) is 44.6 Å². The summed E-state index contributed by atoms with van der Waals surface area (Å²) in [7, 11) is 2.81. The summed E-state index contributed by atoms with van der Waals surface area (Å²) in [5.74, 6) is -0.224. The van der Waals surface area contributed by atoms with Crippen molar-refractivity contribution in [3.8, 4) is 17.2 Å². The van der Waals surface area contributed by atoms with Crippen LogP contribution in [0.4, 0.5) is 5.69 Å². The van der Waals surface area contributed by atoms with Crippen molar-refractivity contribution < 1.29 is 29.0 Å². The Balaban J connectivity index is 2.30. The van der Waals surface area contributed by atoms with E-state index in [1.807, 2.05) is 0 Å². The summed E-state index contributed by atoms with van der Waals surface area (Å²) in [5, 5.41) is 20.2. The molecule has 0 heterocycles. The quantitative estimate of drug-likeness (QED) is 0.613. The Hall–Kier alpha value is -3.29. The molecular formula is C16H15NO7. The lowest BCUT2D eigenvalue weighted by molar-refractivity contribution is -0.385. The Morgan fingerprint density at radius 1 is 1.17 bits per heavy atom. The van der Waals surface area contributed by atoms with E-state index >= 15 is 0 Å². The molecule has 0 aliphatic heterocycles. The number of ether oxygens (including phenoxy) is 3. The zero-order valence-corrected chi connectivity index (χ0v) is 13.0. The first-order chi connectivity index (χ1) is 11.5. The third kappa shape index (κ3) is 3.72. The highest BCUT2D eigenvalue weighted by atomic mass is 16.6. The molecule has 2 aromatic rings. The molecule has 8 nitrogen and oxygen atoms in total.